The molecule has 0 bridgehead atoms. The van der Waals surface area contributed by atoms with Gasteiger partial charge in [-0.15, -0.1) is 0 Å². The van der Waals surface area contributed by atoms with Crippen LogP contribution >= 0.6 is 0 Å². The maximum absolute atomic E-state index is 13.2. The molecule has 2 aromatic carbocycles. The molecule has 2 heterocycles. The van der Waals surface area contributed by atoms with Crippen LogP contribution in [0.3, 0.4) is 0 Å². The van der Waals surface area contributed by atoms with Gasteiger partial charge in [-0.1, -0.05) is 42.5 Å². The number of nitrogens with one attached hydrogen (secondary N) is 1. The molecule has 22 heavy (non-hydrogen) atoms. The van der Waals surface area contributed by atoms with Crippen LogP contribution in [0.2, 0.25) is 0 Å². The van der Waals surface area contributed by atoms with Gasteiger partial charge in [-0.3, -0.25) is 0 Å². The number of benzene rings is 2. The van der Waals surface area contributed by atoms with Crippen LogP contribution in [0.1, 0.15) is 29.6 Å². The van der Waals surface area contributed by atoms with Gasteiger partial charge in [0.25, 0.3) is 0 Å². The number of hydrogen-bond donors (Lipinski definition) is 1. The van der Waals surface area contributed by atoms with Gasteiger partial charge >= 0.3 is 0 Å². The molecule has 0 amide bonds. The molecule has 1 aliphatic heterocycles. The van der Waals surface area contributed by atoms with Crippen LogP contribution in [-0.4, -0.2) is 14.8 Å². The highest BCUT2D eigenvalue weighted by Gasteiger charge is 2.29. The summed E-state index contributed by atoms with van der Waals surface area (Å²) >= 11 is 0. The molecule has 2 atom stereocenters. The maximum atomic E-state index is 13.2. The Morgan fingerprint density at radius 1 is 1.00 bits per heavy atom. The van der Waals surface area contributed by atoms with Crippen molar-refractivity contribution in [3.05, 3.63) is 77.9 Å². The molecule has 0 saturated carbocycles. The lowest BCUT2D eigenvalue weighted by molar-refractivity contribution is 0.430. The Morgan fingerprint density at radius 2 is 1.77 bits per heavy atom. The summed E-state index contributed by atoms with van der Waals surface area (Å²) in [6, 6.07) is 17.1. The Hall–Kier alpha value is -2.69. The summed E-state index contributed by atoms with van der Waals surface area (Å²) in [6.45, 7) is 0. The minimum absolute atomic E-state index is 0.0459. The Bertz CT molecular complexity index is 767. The molecule has 0 radical (unpaired) electrons. The first-order valence-corrected chi connectivity index (χ1v) is 7.28. The lowest BCUT2D eigenvalue weighted by Gasteiger charge is -2.31. The fourth-order valence-corrected chi connectivity index (χ4v) is 2.99. The monoisotopic (exact) mass is 294 g/mol. The van der Waals surface area contributed by atoms with Gasteiger partial charge in [-0.25, -0.2) is 9.07 Å². The van der Waals surface area contributed by atoms with Crippen molar-refractivity contribution >= 4 is 5.95 Å². The predicted octanol–water partition coefficient (Wildman–Crippen LogP) is 3.56. The van der Waals surface area contributed by atoms with Crippen molar-refractivity contribution in [1.29, 1.82) is 0 Å². The number of halogens is 1. The SMILES string of the molecule is Fc1ccc([C@H]2C[C@@H](c3ccccc3)Nc3ncnn32)cc1. The first kappa shape index (κ1) is 13.0. The van der Waals surface area contributed by atoms with Crippen LogP contribution in [0.4, 0.5) is 10.3 Å². The fourth-order valence-electron chi connectivity index (χ4n) is 2.99. The molecule has 5 heteroatoms. The van der Waals surface area contributed by atoms with Crippen LogP contribution in [0.15, 0.2) is 60.9 Å². The number of hydrogen-bond acceptors (Lipinski definition) is 3. The summed E-state index contributed by atoms with van der Waals surface area (Å²) in [5, 5.41) is 7.73. The highest BCUT2D eigenvalue weighted by Crippen LogP contribution is 2.37. The van der Waals surface area contributed by atoms with Crippen molar-refractivity contribution in [2.45, 2.75) is 18.5 Å². The van der Waals surface area contributed by atoms with E-state index in [1.54, 1.807) is 6.33 Å². The molecular formula is C17H15FN4. The summed E-state index contributed by atoms with van der Waals surface area (Å²) in [7, 11) is 0. The third-order valence-corrected chi connectivity index (χ3v) is 4.09. The van der Waals surface area contributed by atoms with Crippen LogP contribution in [0, 0.1) is 5.82 Å². The van der Waals surface area contributed by atoms with Gasteiger partial charge in [-0.2, -0.15) is 10.1 Å². The maximum Gasteiger partial charge on any atom is 0.222 e. The smallest absolute Gasteiger partial charge is 0.222 e. The summed E-state index contributed by atoms with van der Waals surface area (Å²) < 4.78 is 15.1. The van der Waals surface area contributed by atoms with Crippen molar-refractivity contribution in [3.8, 4) is 0 Å². The fraction of sp³-hybridized carbons (Fsp3) is 0.176. The summed E-state index contributed by atoms with van der Waals surface area (Å²) in [4.78, 5) is 4.29. The summed E-state index contributed by atoms with van der Waals surface area (Å²) in [5.74, 6) is 0.519. The third kappa shape index (κ3) is 2.24. The van der Waals surface area contributed by atoms with Crippen LogP contribution in [0.5, 0.6) is 0 Å². The van der Waals surface area contributed by atoms with E-state index in [-0.39, 0.29) is 17.9 Å². The Labute approximate surface area is 127 Å². The van der Waals surface area contributed by atoms with Gasteiger partial charge in [0.1, 0.15) is 12.1 Å². The van der Waals surface area contributed by atoms with E-state index in [1.807, 2.05) is 35.0 Å². The molecule has 0 saturated heterocycles. The summed E-state index contributed by atoms with van der Waals surface area (Å²) in [5.41, 5.74) is 2.25. The molecule has 4 rings (SSSR count). The molecular weight excluding hydrogens is 279 g/mol. The number of nitrogens with zero attached hydrogens (tertiary/aromatic N) is 3. The molecule has 0 aliphatic carbocycles. The lowest BCUT2D eigenvalue weighted by atomic mass is 9.93. The van der Waals surface area contributed by atoms with Gasteiger partial charge in [0.2, 0.25) is 5.95 Å². The average molecular weight is 294 g/mol. The molecule has 4 nitrogen and oxygen atoms in total. The third-order valence-electron chi connectivity index (χ3n) is 4.09. The van der Waals surface area contributed by atoms with E-state index in [9.17, 15) is 4.39 Å². The van der Waals surface area contributed by atoms with E-state index in [1.165, 1.54) is 17.7 Å². The molecule has 1 aromatic heterocycles. The molecule has 0 fully saturated rings. The van der Waals surface area contributed by atoms with Crippen LogP contribution < -0.4 is 5.32 Å². The Balaban J connectivity index is 1.73. The number of anilines is 1. The van der Waals surface area contributed by atoms with Gasteiger partial charge in [0.05, 0.1) is 12.1 Å². The average Bonchev–Trinajstić information content (AvgIpc) is 3.04. The van der Waals surface area contributed by atoms with E-state index in [0.717, 1.165) is 17.9 Å². The highest BCUT2D eigenvalue weighted by atomic mass is 19.1. The van der Waals surface area contributed by atoms with E-state index < -0.39 is 0 Å². The van der Waals surface area contributed by atoms with E-state index >= 15 is 0 Å². The van der Waals surface area contributed by atoms with E-state index in [4.69, 9.17) is 0 Å². The highest BCUT2D eigenvalue weighted by molar-refractivity contribution is 5.38. The molecule has 3 aromatic rings. The first-order chi connectivity index (χ1) is 10.8. The second kappa shape index (κ2) is 5.26. The molecule has 1 N–H and O–H groups in total. The quantitative estimate of drug-likeness (QED) is 0.786. The number of aromatic nitrogens is 3. The topological polar surface area (TPSA) is 42.7 Å². The van der Waals surface area contributed by atoms with Crippen molar-refractivity contribution in [2.75, 3.05) is 5.32 Å². The first-order valence-electron chi connectivity index (χ1n) is 7.28. The van der Waals surface area contributed by atoms with Gasteiger partial charge in [0, 0.05) is 0 Å². The second-order valence-electron chi connectivity index (χ2n) is 5.44. The zero-order valence-electron chi connectivity index (χ0n) is 11.9. The molecule has 0 unspecified atom stereocenters. The number of fused-ring (bicyclic) bond motifs is 1. The molecule has 1 aliphatic rings. The zero-order valence-corrected chi connectivity index (χ0v) is 11.9. The van der Waals surface area contributed by atoms with Crippen molar-refractivity contribution in [1.82, 2.24) is 14.8 Å². The predicted molar refractivity (Wildman–Crippen MR) is 82.0 cm³/mol. The van der Waals surface area contributed by atoms with Gasteiger partial charge in [-0.05, 0) is 29.7 Å². The van der Waals surface area contributed by atoms with E-state index in [2.05, 4.69) is 27.5 Å². The summed E-state index contributed by atoms with van der Waals surface area (Å²) in [6.07, 6.45) is 2.39. The van der Waals surface area contributed by atoms with Crippen molar-refractivity contribution in [2.24, 2.45) is 0 Å². The van der Waals surface area contributed by atoms with E-state index in [0.29, 0.717) is 0 Å². The Kier molecular flexibility index (Phi) is 3.11. The van der Waals surface area contributed by atoms with Crippen LogP contribution in [0.25, 0.3) is 0 Å². The van der Waals surface area contributed by atoms with Gasteiger partial charge < -0.3 is 5.32 Å². The molecule has 110 valence electrons. The largest absolute Gasteiger partial charge is 0.348 e. The lowest BCUT2D eigenvalue weighted by Crippen LogP contribution is -2.28. The minimum Gasteiger partial charge on any atom is -0.348 e. The standard InChI is InChI=1S/C17H15FN4/c18-14-8-6-13(7-9-14)16-10-15(12-4-2-1-3-5-12)21-17-19-11-20-22(16)17/h1-9,11,15-16H,10H2,(H,19,20,21)/t15-,16+/m0/s1. The number of rotatable bonds is 2. The van der Waals surface area contributed by atoms with Gasteiger partial charge in [0.15, 0.2) is 0 Å². The normalized spacial score (nSPS) is 20.2. The minimum atomic E-state index is -0.226. The molecule has 0 spiro atoms. The van der Waals surface area contributed by atoms with Crippen LogP contribution in [-0.2, 0) is 0 Å². The van der Waals surface area contributed by atoms with Crippen molar-refractivity contribution < 1.29 is 4.39 Å². The Morgan fingerprint density at radius 3 is 2.55 bits per heavy atom. The van der Waals surface area contributed by atoms with Crippen molar-refractivity contribution in [3.63, 3.8) is 0 Å². The second-order valence-corrected chi connectivity index (χ2v) is 5.44. The zero-order chi connectivity index (χ0) is 14.9.